The van der Waals surface area contributed by atoms with Crippen molar-refractivity contribution in [1.82, 2.24) is 0 Å². The maximum atomic E-state index is 13.5. The molecule has 1 aliphatic carbocycles. The van der Waals surface area contributed by atoms with E-state index < -0.39 is 17.8 Å². The van der Waals surface area contributed by atoms with Gasteiger partial charge in [-0.2, -0.15) is 13.2 Å². The van der Waals surface area contributed by atoms with Crippen LogP contribution in [0.3, 0.4) is 0 Å². The lowest BCUT2D eigenvalue weighted by Crippen LogP contribution is -2.31. The van der Waals surface area contributed by atoms with Gasteiger partial charge in [0.1, 0.15) is 0 Å². The van der Waals surface area contributed by atoms with Gasteiger partial charge in [-0.25, -0.2) is 0 Å². The Labute approximate surface area is 153 Å². The van der Waals surface area contributed by atoms with Crippen LogP contribution in [0.15, 0.2) is 48.6 Å². The molecular weight excluding hydrogens is 370 g/mol. The molecule has 2 aliphatic rings. The van der Waals surface area contributed by atoms with Crippen LogP contribution in [0.1, 0.15) is 35.1 Å². The summed E-state index contributed by atoms with van der Waals surface area (Å²) in [5.74, 6) is 0.0329. The van der Waals surface area contributed by atoms with Crippen molar-refractivity contribution in [2.45, 2.75) is 24.6 Å². The molecule has 3 atom stereocenters. The smallest absolute Gasteiger partial charge is 0.376 e. The second-order valence-electron chi connectivity index (χ2n) is 6.39. The Bertz CT molecular complexity index is 860. The zero-order valence-electron chi connectivity index (χ0n) is 12.9. The van der Waals surface area contributed by atoms with Crippen LogP contribution in [0.2, 0.25) is 10.0 Å². The average molecular weight is 384 g/mol. The molecule has 1 nitrogen and oxygen atoms in total. The van der Waals surface area contributed by atoms with E-state index in [2.05, 4.69) is 11.4 Å². The van der Waals surface area contributed by atoms with Crippen molar-refractivity contribution < 1.29 is 13.2 Å². The van der Waals surface area contributed by atoms with Gasteiger partial charge in [0.2, 0.25) is 0 Å². The second-order valence-corrected chi connectivity index (χ2v) is 7.17. The third kappa shape index (κ3) is 2.72. The summed E-state index contributed by atoms with van der Waals surface area (Å²) >= 11 is 12.5. The van der Waals surface area contributed by atoms with E-state index in [1.54, 1.807) is 18.2 Å². The third-order valence-electron chi connectivity index (χ3n) is 5.03. The number of hydrogen-bond donors (Lipinski definition) is 1. The molecule has 4 rings (SSSR count). The lowest BCUT2D eigenvalue weighted by Gasteiger charge is -2.39. The predicted molar refractivity (Wildman–Crippen MR) is 94.3 cm³/mol. The molecule has 130 valence electrons. The van der Waals surface area contributed by atoms with Crippen molar-refractivity contribution >= 4 is 28.9 Å². The molecule has 1 aliphatic heterocycles. The number of nitrogens with one attached hydrogen (secondary N) is 1. The minimum atomic E-state index is -4.40. The summed E-state index contributed by atoms with van der Waals surface area (Å²) in [4.78, 5) is 0. The lowest BCUT2D eigenvalue weighted by atomic mass is 9.76. The van der Waals surface area contributed by atoms with Crippen molar-refractivity contribution in [3.63, 3.8) is 0 Å². The van der Waals surface area contributed by atoms with E-state index in [-0.39, 0.29) is 17.4 Å². The fourth-order valence-corrected chi connectivity index (χ4v) is 4.32. The van der Waals surface area contributed by atoms with E-state index in [1.807, 2.05) is 12.1 Å². The molecule has 1 heterocycles. The molecule has 0 bridgehead atoms. The van der Waals surface area contributed by atoms with E-state index in [1.165, 1.54) is 6.07 Å². The van der Waals surface area contributed by atoms with Crippen molar-refractivity contribution in [2.24, 2.45) is 5.92 Å². The second kappa shape index (κ2) is 5.96. The van der Waals surface area contributed by atoms with Crippen LogP contribution in [-0.2, 0) is 6.18 Å². The Morgan fingerprint density at radius 3 is 2.52 bits per heavy atom. The quantitative estimate of drug-likeness (QED) is 0.531. The van der Waals surface area contributed by atoms with E-state index in [0.717, 1.165) is 11.6 Å². The number of alkyl halides is 3. The van der Waals surface area contributed by atoms with Crippen LogP contribution < -0.4 is 5.32 Å². The molecule has 25 heavy (non-hydrogen) atoms. The molecule has 6 heteroatoms. The van der Waals surface area contributed by atoms with Gasteiger partial charge in [-0.1, -0.05) is 59.6 Å². The predicted octanol–water partition coefficient (Wildman–Crippen LogP) is 6.84. The number of hydrogen-bond acceptors (Lipinski definition) is 1. The van der Waals surface area contributed by atoms with Gasteiger partial charge >= 0.3 is 6.18 Å². The molecule has 0 fully saturated rings. The first-order valence-corrected chi connectivity index (χ1v) is 8.70. The highest BCUT2D eigenvalue weighted by Gasteiger charge is 2.43. The SMILES string of the molecule is FC(F)(F)c1ccccc1[C@H]1Nc2c(ccc(Cl)c2Cl)[C@@H]2C=CC[C@H]12. The van der Waals surface area contributed by atoms with Crippen LogP contribution in [0, 0.1) is 5.92 Å². The summed E-state index contributed by atoms with van der Waals surface area (Å²) in [6.45, 7) is 0. The number of rotatable bonds is 1. The van der Waals surface area contributed by atoms with Crippen molar-refractivity contribution in [3.8, 4) is 0 Å². The molecule has 1 N–H and O–H groups in total. The number of fused-ring (bicyclic) bond motifs is 3. The number of anilines is 1. The molecule has 2 aromatic rings. The average Bonchev–Trinajstić information content (AvgIpc) is 3.06. The van der Waals surface area contributed by atoms with Crippen LogP contribution in [0.25, 0.3) is 0 Å². The van der Waals surface area contributed by atoms with E-state index >= 15 is 0 Å². The number of allylic oxidation sites excluding steroid dienone is 2. The molecule has 0 aromatic heterocycles. The van der Waals surface area contributed by atoms with Gasteiger partial charge in [-0.15, -0.1) is 0 Å². The third-order valence-corrected chi connectivity index (χ3v) is 5.83. The Balaban J connectivity index is 1.87. The molecule has 2 aromatic carbocycles. The fraction of sp³-hybridized carbons (Fsp3) is 0.263. The standard InChI is InChI=1S/C19H14Cl2F3N/c20-15-9-8-12-10-5-3-6-11(10)17(25-18(12)16(15)21)13-4-1-2-7-14(13)19(22,23)24/h1-5,7-11,17,25H,6H2/t10-,11+,17+/m1/s1. The minimum Gasteiger partial charge on any atom is -0.376 e. The zero-order chi connectivity index (χ0) is 17.8. The van der Waals surface area contributed by atoms with Crippen LogP contribution in [-0.4, -0.2) is 0 Å². The molecule has 0 spiro atoms. The van der Waals surface area contributed by atoms with Gasteiger partial charge < -0.3 is 5.32 Å². The first-order chi connectivity index (χ1) is 11.9. The maximum absolute atomic E-state index is 13.5. The van der Waals surface area contributed by atoms with Crippen molar-refractivity contribution in [3.05, 3.63) is 75.3 Å². The topological polar surface area (TPSA) is 12.0 Å². The highest BCUT2D eigenvalue weighted by Crippen LogP contribution is 2.53. The van der Waals surface area contributed by atoms with Crippen molar-refractivity contribution in [2.75, 3.05) is 5.32 Å². The number of halogens is 5. The van der Waals surface area contributed by atoms with Crippen LogP contribution in [0.4, 0.5) is 18.9 Å². The van der Waals surface area contributed by atoms with Gasteiger partial charge in [-0.3, -0.25) is 0 Å². The maximum Gasteiger partial charge on any atom is 0.416 e. The Morgan fingerprint density at radius 2 is 1.76 bits per heavy atom. The van der Waals surface area contributed by atoms with Crippen molar-refractivity contribution in [1.29, 1.82) is 0 Å². The van der Waals surface area contributed by atoms with Gasteiger partial charge in [0, 0.05) is 5.92 Å². The van der Waals surface area contributed by atoms with E-state index in [0.29, 0.717) is 22.2 Å². The minimum absolute atomic E-state index is 0.00763. The summed E-state index contributed by atoms with van der Waals surface area (Å²) in [7, 11) is 0. The van der Waals surface area contributed by atoms with Crippen LogP contribution in [0.5, 0.6) is 0 Å². The molecule has 0 saturated heterocycles. The largest absolute Gasteiger partial charge is 0.416 e. The molecule has 0 amide bonds. The highest BCUT2D eigenvalue weighted by atomic mass is 35.5. The summed E-state index contributed by atoms with van der Waals surface area (Å²) < 4.78 is 40.5. The summed E-state index contributed by atoms with van der Waals surface area (Å²) in [6, 6.07) is 8.87. The van der Waals surface area contributed by atoms with Gasteiger partial charge in [0.25, 0.3) is 0 Å². The molecule has 0 radical (unpaired) electrons. The zero-order valence-corrected chi connectivity index (χ0v) is 14.5. The summed E-state index contributed by atoms with van der Waals surface area (Å²) in [5.41, 5.74) is 1.24. The molecule has 0 saturated carbocycles. The van der Waals surface area contributed by atoms with Crippen LogP contribution >= 0.6 is 23.2 Å². The Hall–Kier alpha value is -1.65. The summed E-state index contributed by atoms with van der Waals surface area (Å²) in [5, 5.41) is 3.99. The Morgan fingerprint density at radius 1 is 1.00 bits per heavy atom. The fourth-order valence-electron chi connectivity index (χ4n) is 3.94. The highest BCUT2D eigenvalue weighted by molar-refractivity contribution is 6.43. The number of benzene rings is 2. The van der Waals surface area contributed by atoms with Gasteiger partial charge in [0.15, 0.2) is 0 Å². The monoisotopic (exact) mass is 383 g/mol. The Kier molecular flexibility index (Phi) is 4.00. The van der Waals surface area contributed by atoms with E-state index in [4.69, 9.17) is 23.2 Å². The molecule has 0 unspecified atom stereocenters. The van der Waals surface area contributed by atoms with Gasteiger partial charge in [-0.05, 0) is 35.6 Å². The first-order valence-electron chi connectivity index (χ1n) is 7.95. The normalized spacial score (nSPS) is 24.6. The lowest BCUT2D eigenvalue weighted by molar-refractivity contribution is -0.138. The first kappa shape index (κ1) is 16.8. The molecular formula is C19H14Cl2F3N. The van der Waals surface area contributed by atoms with Gasteiger partial charge in [0.05, 0.1) is 27.3 Å². The summed E-state index contributed by atoms with van der Waals surface area (Å²) in [6.07, 6.45) is 0.391. The van der Waals surface area contributed by atoms with E-state index in [9.17, 15) is 13.2 Å².